The van der Waals surface area contributed by atoms with Gasteiger partial charge in [-0.25, -0.2) is 0 Å². The molecule has 4 aliphatic carbocycles. The molecule has 190 valence electrons. The molecule has 35 heavy (non-hydrogen) atoms. The molecule has 1 aromatic carbocycles. The molecule has 6 unspecified atom stereocenters. The zero-order valence-corrected chi connectivity index (χ0v) is 20.8. The molecule has 0 spiro atoms. The van der Waals surface area contributed by atoms with Crippen molar-refractivity contribution in [3.63, 3.8) is 0 Å². The van der Waals surface area contributed by atoms with E-state index < -0.39 is 12.1 Å². The standard InChI is InChI=1S/C29H37F3N2O/c1-17(19-5-3-18(16-33)4-6-19)34-27(35)26-12-11-25-24-9-7-20-15-21(29(30,31)32)8-10-22(20)23(24)13-14-28(25,26)2/h3-6,17,20-26H,7-15H2,1-2H3,(H,34,35)/t17?,20?,21-,22-,23?,24?,25?,26+,28?/m0/s1. The lowest BCUT2D eigenvalue weighted by molar-refractivity contribution is -0.196. The highest BCUT2D eigenvalue weighted by atomic mass is 19.4. The number of benzene rings is 1. The molecule has 0 aromatic heterocycles. The molecule has 5 rings (SSSR count). The summed E-state index contributed by atoms with van der Waals surface area (Å²) < 4.78 is 40.1. The molecule has 0 aliphatic heterocycles. The van der Waals surface area contributed by atoms with E-state index in [2.05, 4.69) is 18.3 Å². The Hall–Kier alpha value is -2.03. The first-order valence-corrected chi connectivity index (χ1v) is 13.5. The van der Waals surface area contributed by atoms with Crippen LogP contribution in [0.4, 0.5) is 13.2 Å². The van der Waals surface area contributed by atoms with Crippen molar-refractivity contribution in [3.8, 4) is 6.07 Å². The molecule has 0 saturated heterocycles. The molecule has 4 aliphatic rings. The van der Waals surface area contributed by atoms with E-state index in [1.165, 1.54) is 0 Å². The Morgan fingerprint density at radius 3 is 2.43 bits per heavy atom. The molecular formula is C29H37F3N2O. The van der Waals surface area contributed by atoms with Crippen LogP contribution in [0.15, 0.2) is 24.3 Å². The fourth-order valence-electron chi connectivity index (χ4n) is 8.82. The predicted octanol–water partition coefficient (Wildman–Crippen LogP) is 7.18. The van der Waals surface area contributed by atoms with E-state index in [0.717, 1.165) is 50.5 Å². The van der Waals surface area contributed by atoms with Gasteiger partial charge in [0.25, 0.3) is 0 Å². The molecule has 1 amide bonds. The van der Waals surface area contributed by atoms with Gasteiger partial charge in [-0.2, -0.15) is 18.4 Å². The molecule has 0 radical (unpaired) electrons. The maximum Gasteiger partial charge on any atom is 0.391 e. The van der Waals surface area contributed by atoms with Crippen LogP contribution in [0.5, 0.6) is 0 Å². The van der Waals surface area contributed by atoms with Gasteiger partial charge in [0.05, 0.1) is 23.6 Å². The number of nitriles is 1. The van der Waals surface area contributed by atoms with Crippen molar-refractivity contribution in [2.45, 2.75) is 83.9 Å². The fourth-order valence-corrected chi connectivity index (χ4v) is 8.82. The van der Waals surface area contributed by atoms with Crippen LogP contribution in [0.2, 0.25) is 0 Å². The van der Waals surface area contributed by atoms with Gasteiger partial charge in [-0.1, -0.05) is 19.1 Å². The number of amides is 1. The second kappa shape index (κ2) is 9.12. The number of halogens is 3. The molecule has 6 heteroatoms. The van der Waals surface area contributed by atoms with Gasteiger partial charge in [0.2, 0.25) is 5.91 Å². The highest BCUT2D eigenvalue weighted by Crippen LogP contribution is 2.64. The van der Waals surface area contributed by atoms with Gasteiger partial charge in [0.1, 0.15) is 0 Å². The minimum absolute atomic E-state index is 0.00651. The number of nitrogens with zero attached hydrogens (tertiary/aromatic N) is 1. The Bertz CT molecular complexity index is 983. The smallest absolute Gasteiger partial charge is 0.349 e. The van der Waals surface area contributed by atoms with E-state index in [4.69, 9.17) is 5.26 Å². The lowest BCUT2D eigenvalue weighted by atomic mass is 9.49. The third kappa shape index (κ3) is 4.38. The first kappa shape index (κ1) is 24.7. The Balaban J connectivity index is 1.25. The number of hydrogen-bond acceptors (Lipinski definition) is 2. The quantitative estimate of drug-likeness (QED) is 0.492. The lowest BCUT2D eigenvalue weighted by Crippen LogP contribution is -2.51. The number of carbonyl (C=O) groups is 1. The molecule has 0 heterocycles. The normalized spacial score (nSPS) is 39.5. The molecule has 1 aromatic rings. The predicted molar refractivity (Wildman–Crippen MR) is 128 cm³/mol. The fraction of sp³-hybridized carbons (Fsp3) is 0.724. The van der Waals surface area contributed by atoms with E-state index in [9.17, 15) is 18.0 Å². The number of hydrogen-bond donors (Lipinski definition) is 1. The number of fused-ring (bicyclic) bond motifs is 5. The average molecular weight is 487 g/mol. The van der Waals surface area contributed by atoms with Crippen molar-refractivity contribution >= 4 is 5.91 Å². The molecule has 0 bridgehead atoms. The summed E-state index contributed by atoms with van der Waals surface area (Å²) in [5, 5.41) is 12.3. The Morgan fingerprint density at radius 1 is 1.03 bits per heavy atom. The van der Waals surface area contributed by atoms with Gasteiger partial charge in [-0.3, -0.25) is 4.79 Å². The molecule has 4 saturated carbocycles. The lowest BCUT2D eigenvalue weighted by Gasteiger charge is -2.56. The zero-order chi connectivity index (χ0) is 25.0. The third-order valence-corrected chi connectivity index (χ3v) is 10.6. The summed E-state index contributed by atoms with van der Waals surface area (Å²) >= 11 is 0. The summed E-state index contributed by atoms with van der Waals surface area (Å²) in [6, 6.07) is 9.38. The van der Waals surface area contributed by atoms with Crippen molar-refractivity contribution in [3.05, 3.63) is 35.4 Å². The summed E-state index contributed by atoms with van der Waals surface area (Å²) in [6.07, 6.45) is 3.30. The van der Waals surface area contributed by atoms with Crippen molar-refractivity contribution in [1.82, 2.24) is 5.32 Å². The van der Waals surface area contributed by atoms with Crippen LogP contribution in [0, 0.1) is 58.2 Å². The molecular weight excluding hydrogens is 449 g/mol. The minimum Gasteiger partial charge on any atom is -0.349 e. The van der Waals surface area contributed by atoms with Gasteiger partial charge < -0.3 is 5.32 Å². The Kier molecular flexibility index (Phi) is 6.43. The van der Waals surface area contributed by atoms with Crippen LogP contribution in [0.1, 0.15) is 88.8 Å². The summed E-state index contributed by atoms with van der Waals surface area (Å²) in [7, 11) is 0. The maximum absolute atomic E-state index is 13.5. The number of rotatable bonds is 3. The van der Waals surface area contributed by atoms with Crippen LogP contribution in [-0.2, 0) is 4.79 Å². The van der Waals surface area contributed by atoms with Crippen molar-refractivity contribution < 1.29 is 18.0 Å². The van der Waals surface area contributed by atoms with Gasteiger partial charge in [-0.15, -0.1) is 0 Å². The van der Waals surface area contributed by atoms with Crippen LogP contribution in [0.3, 0.4) is 0 Å². The van der Waals surface area contributed by atoms with Crippen LogP contribution in [-0.4, -0.2) is 12.1 Å². The van der Waals surface area contributed by atoms with E-state index in [-0.39, 0.29) is 29.2 Å². The van der Waals surface area contributed by atoms with Crippen LogP contribution in [0.25, 0.3) is 0 Å². The van der Waals surface area contributed by atoms with Crippen molar-refractivity contribution in [1.29, 1.82) is 5.26 Å². The summed E-state index contributed by atoms with van der Waals surface area (Å²) in [4.78, 5) is 13.5. The van der Waals surface area contributed by atoms with Gasteiger partial charge in [0, 0.05) is 5.92 Å². The van der Waals surface area contributed by atoms with E-state index in [0.29, 0.717) is 42.1 Å². The monoisotopic (exact) mass is 486 g/mol. The minimum atomic E-state index is -4.05. The van der Waals surface area contributed by atoms with Crippen molar-refractivity contribution in [2.24, 2.45) is 46.8 Å². The Labute approximate surface area is 206 Å². The molecule has 9 atom stereocenters. The maximum atomic E-state index is 13.5. The average Bonchev–Trinajstić information content (AvgIpc) is 3.20. The first-order chi connectivity index (χ1) is 16.6. The topological polar surface area (TPSA) is 52.9 Å². The second-order valence-electron chi connectivity index (χ2n) is 12.1. The molecule has 4 fully saturated rings. The molecule has 3 nitrogen and oxygen atoms in total. The zero-order valence-electron chi connectivity index (χ0n) is 20.8. The van der Waals surface area contributed by atoms with Gasteiger partial charge >= 0.3 is 6.18 Å². The SMILES string of the molecule is CC(NC(=O)[C@H]1CCC2C3CCC4C[C@@H](C(F)(F)F)CC[C@@H]4C3CCC21C)c1ccc(C#N)cc1. The van der Waals surface area contributed by atoms with Crippen molar-refractivity contribution in [2.75, 3.05) is 0 Å². The summed E-state index contributed by atoms with van der Waals surface area (Å²) in [5.74, 6) is 1.30. The Morgan fingerprint density at radius 2 is 1.74 bits per heavy atom. The van der Waals surface area contributed by atoms with E-state index in [1.807, 2.05) is 19.1 Å². The molecule has 1 N–H and O–H groups in total. The number of alkyl halides is 3. The summed E-state index contributed by atoms with van der Waals surface area (Å²) in [5.41, 5.74) is 1.58. The number of carbonyl (C=O) groups excluding carboxylic acids is 1. The highest BCUT2D eigenvalue weighted by Gasteiger charge is 2.59. The van der Waals surface area contributed by atoms with E-state index >= 15 is 0 Å². The number of nitrogens with one attached hydrogen (secondary N) is 1. The second-order valence-corrected chi connectivity index (χ2v) is 12.1. The first-order valence-electron chi connectivity index (χ1n) is 13.5. The highest BCUT2D eigenvalue weighted by molar-refractivity contribution is 5.80. The third-order valence-electron chi connectivity index (χ3n) is 10.6. The van der Waals surface area contributed by atoms with Crippen LogP contribution >= 0.6 is 0 Å². The van der Waals surface area contributed by atoms with Gasteiger partial charge in [-0.05, 0) is 117 Å². The van der Waals surface area contributed by atoms with E-state index in [1.54, 1.807) is 12.1 Å². The largest absolute Gasteiger partial charge is 0.391 e. The van der Waals surface area contributed by atoms with Gasteiger partial charge in [0.15, 0.2) is 0 Å². The summed E-state index contributed by atoms with van der Waals surface area (Å²) in [6.45, 7) is 4.30. The van der Waals surface area contributed by atoms with Crippen LogP contribution < -0.4 is 5.32 Å².